The number of hydrogen-bond acceptors (Lipinski definition) is 5. The molecular formula is C14H14N2O4S2. The van der Waals surface area contributed by atoms with Gasteiger partial charge in [0.25, 0.3) is 0 Å². The summed E-state index contributed by atoms with van der Waals surface area (Å²) in [6, 6.07) is 7.65. The molecule has 1 unspecified atom stereocenters. The minimum atomic E-state index is -1.64. The van der Waals surface area contributed by atoms with Gasteiger partial charge in [-0.1, -0.05) is 6.07 Å². The molecule has 0 saturated heterocycles. The molecule has 22 heavy (non-hydrogen) atoms. The number of pyridine rings is 1. The maximum atomic E-state index is 12.4. The topological polar surface area (TPSA) is 88.5 Å². The number of methoxy groups -OCH3 is 1. The van der Waals surface area contributed by atoms with Gasteiger partial charge in [-0.05, 0) is 29.8 Å². The maximum Gasteiger partial charge on any atom is 0.335 e. The Kier molecular flexibility index (Phi) is 5.40. The quantitative estimate of drug-likeness (QED) is 0.704. The van der Waals surface area contributed by atoms with Crippen LogP contribution >= 0.6 is 12.6 Å². The van der Waals surface area contributed by atoms with E-state index in [1.807, 2.05) is 0 Å². The van der Waals surface area contributed by atoms with Crippen molar-refractivity contribution in [3.63, 3.8) is 0 Å². The van der Waals surface area contributed by atoms with Crippen LogP contribution in [0.15, 0.2) is 41.4 Å². The first-order valence-corrected chi connectivity index (χ1v) is 7.99. The van der Waals surface area contributed by atoms with E-state index in [1.165, 1.54) is 25.3 Å². The van der Waals surface area contributed by atoms with E-state index in [1.54, 1.807) is 18.3 Å². The molecule has 0 amide bonds. The van der Waals surface area contributed by atoms with Gasteiger partial charge < -0.3 is 9.84 Å². The summed E-state index contributed by atoms with van der Waals surface area (Å²) < 4.78 is 20.3. The van der Waals surface area contributed by atoms with E-state index < -0.39 is 17.0 Å². The van der Waals surface area contributed by atoms with Crippen molar-refractivity contribution in [3.8, 4) is 5.88 Å². The van der Waals surface area contributed by atoms with Crippen LogP contribution in [-0.4, -0.2) is 27.4 Å². The number of rotatable bonds is 6. The lowest BCUT2D eigenvalue weighted by atomic mass is 10.2. The van der Waals surface area contributed by atoms with E-state index >= 15 is 0 Å². The Morgan fingerprint density at radius 3 is 2.86 bits per heavy atom. The first-order valence-electron chi connectivity index (χ1n) is 6.20. The van der Waals surface area contributed by atoms with Gasteiger partial charge in [-0.2, -0.15) is 12.6 Å². The van der Waals surface area contributed by atoms with Gasteiger partial charge in [-0.3, -0.25) is 4.72 Å². The van der Waals surface area contributed by atoms with Gasteiger partial charge in [0.2, 0.25) is 5.88 Å². The third kappa shape index (κ3) is 3.77. The highest BCUT2D eigenvalue weighted by Gasteiger charge is 2.12. The zero-order valence-electron chi connectivity index (χ0n) is 11.6. The third-order valence-corrected chi connectivity index (χ3v) is 4.23. The molecule has 1 aromatic heterocycles. The standard InChI is InChI=1S/C14H14N2O4S2/c1-20-13-12(5-9(8-21)7-15-13)16-22(19)11-4-2-3-10(6-11)14(17)18/h2-7,16,21H,8H2,1H3,(H,17,18). The SMILES string of the molecule is COc1ncc(CS)cc1NS(=O)c1cccc(C(=O)O)c1. The zero-order chi connectivity index (χ0) is 16.1. The number of aromatic carboxylic acids is 1. The number of carboxylic acid groups (broad SMARTS) is 1. The second-order valence-electron chi connectivity index (χ2n) is 4.26. The van der Waals surface area contributed by atoms with Crippen molar-refractivity contribution in [2.24, 2.45) is 0 Å². The largest absolute Gasteiger partial charge is 0.480 e. The fourth-order valence-corrected chi connectivity index (χ4v) is 2.79. The zero-order valence-corrected chi connectivity index (χ0v) is 13.4. The second kappa shape index (κ2) is 7.28. The van der Waals surface area contributed by atoms with Crippen molar-refractivity contribution in [3.05, 3.63) is 47.7 Å². The van der Waals surface area contributed by atoms with Gasteiger partial charge >= 0.3 is 5.97 Å². The van der Waals surface area contributed by atoms with Crippen LogP contribution in [-0.2, 0) is 16.7 Å². The lowest BCUT2D eigenvalue weighted by Gasteiger charge is -2.11. The summed E-state index contributed by atoms with van der Waals surface area (Å²) in [4.78, 5) is 15.4. The van der Waals surface area contributed by atoms with Crippen molar-refractivity contribution in [1.82, 2.24) is 4.98 Å². The monoisotopic (exact) mass is 338 g/mol. The molecule has 1 atom stereocenters. The summed E-state index contributed by atoms with van der Waals surface area (Å²) in [6.07, 6.45) is 1.62. The number of nitrogens with one attached hydrogen (secondary N) is 1. The smallest absolute Gasteiger partial charge is 0.335 e. The molecule has 2 rings (SSSR count). The minimum Gasteiger partial charge on any atom is -0.480 e. The van der Waals surface area contributed by atoms with Gasteiger partial charge in [0.15, 0.2) is 0 Å². The van der Waals surface area contributed by atoms with Crippen molar-refractivity contribution in [2.45, 2.75) is 10.6 Å². The van der Waals surface area contributed by atoms with Crippen LogP contribution in [0.5, 0.6) is 5.88 Å². The number of thiol groups is 1. The minimum absolute atomic E-state index is 0.0712. The molecule has 2 aromatic rings. The molecule has 1 aromatic carbocycles. The van der Waals surface area contributed by atoms with Crippen molar-refractivity contribution < 1.29 is 18.8 Å². The molecule has 0 spiro atoms. The van der Waals surface area contributed by atoms with Crippen LogP contribution in [0, 0.1) is 0 Å². The first kappa shape index (κ1) is 16.3. The number of ether oxygens (including phenoxy) is 1. The number of nitrogens with zero attached hydrogens (tertiary/aromatic N) is 1. The Labute approximate surface area is 135 Å². The Hall–Kier alpha value is -2.06. The molecule has 0 fully saturated rings. The summed E-state index contributed by atoms with van der Waals surface area (Å²) >= 11 is 4.17. The lowest BCUT2D eigenvalue weighted by molar-refractivity contribution is 0.0696. The summed E-state index contributed by atoms with van der Waals surface area (Å²) in [6.45, 7) is 0. The van der Waals surface area contributed by atoms with E-state index in [9.17, 15) is 9.00 Å². The van der Waals surface area contributed by atoms with Crippen LogP contribution in [0.4, 0.5) is 5.69 Å². The van der Waals surface area contributed by atoms with Gasteiger partial charge in [-0.15, -0.1) is 0 Å². The highest BCUT2D eigenvalue weighted by Crippen LogP contribution is 2.25. The van der Waals surface area contributed by atoms with Crippen LogP contribution in [0.1, 0.15) is 15.9 Å². The van der Waals surface area contributed by atoms with E-state index in [0.717, 1.165) is 5.56 Å². The number of carboxylic acids is 1. The summed E-state index contributed by atoms with van der Waals surface area (Å²) in [5.74, 6) is -0.296. The summed E-state index contributed by atoms with van der Waals surface area (Å²) in [5, 5.41) is 8.97. The van der Waals surface area contributed by atoms with Crippen molar-refractivity contribution >= 4 is 35.3 Å². The maximum absolute atomic E-state index is 12.4. The van der Waals surface area contributed by atoms with Crippen LogP contribution in [0.3, 0.4) is 0 Å². The molecule has 0 bridgehead atoms. The molecule has 0 radical (unpaired) electrons. The van der Waals surface area contributed by atoms with Gasteiger partial charge in [-0.25, -0.2) is 14.0 Å². The molecule has 116 valence electrons. The van der Waals surface area contributed by atoms with E-state index in [-0.39, 0.29) is 5.56 Å². The predicted octanol–water partition coefficient (Wildman–Crippen LogP) is 2.35. The molecule has 0 aliphatic heterocycles. The van der Waals surface area contributed by atoms with Crippen LogP contribution < -0.4 is 9.46 Å². The molecule has 0 aliphatic carbocycles. The average molecular weight is 338 g/mol. The number of benzene rings is 1. The first-order chi connectivity index (χ1) is 10.5. The Bertz CT molecular complexity index is 722. The molecule has 1 heterocycles. The number of anilines is 1. The fourth-order valence-electron chi connectivity index (χ4n) is 1.72. The van der Waals surface area contributed by atoms with Crippen LogP contribution in [0.25, 0.3) is 0 Å². The molecule has 0 saturated carbocycles. The Morgan fingerprint density at radius 2 is 2.23 bits per heavy atom. The molecule has 6 nitrogen and oxygen atoms in total. The Balaban J connectivity index is 2.28. The number of hydrogen-bond donors (Lipinski definition) is 3. The van der Waals surface area contributed by atoms with E-state index in [0.29, 0.717) is 22.2 Å². The average Bonchev–Trinajstić information content (AvgIpc) is 2.54. The fraction of sp³-hybridized carbons (Fsp3) is 0.143. The van der Waals surface area contributed by atoms with E-state index in [2.05, 4.69) is 22.3 Å². The molecule has 8 heteroatoms. The van der Waals surface area contributed by atoms with Crippen LogP contribution in [0.2, 0.25) is 0 Å². The third-order valence-electron chi connectivity index (χ3n) is 2.78. The van der Waals surface area contributed by atoms with Gasteiger partial charge in [0.1, 0.15) is 16.7 Å². The molecule has 2 N–H and O–H groups in total. The predicted molar refractivity (Wildman–Crippen MR) is 86.9 cm³/mol. The number of carbonyl (C=O) groups is 1. The van der Waals surface area contributed by atoms with Gasteiger partial charge in [0.05, 0.1) is 17.6 Å². The van der Waals surface area contributed by atoms with Crippen molar-refractivity contribution in [1.29, 1.82) is 0 Å². The van der Waals surface area contributed by atoms with Crippen molar-refractivity contribution in [2.75, 3.05) is 11.8 Å². The van der Waals surface area contributed by atoms with Gasteiger partial charge in [0, 0.05) is 11.9 Å². The highest BCUT2D eigenvalue weighted by atomic mass is 32.2. The molecular weight excluding hydrogens is 324 g/mol. The van der Waals surface area contributed by atoms with E-state index in [4.69, 9.17) is 9.84 Å². The lowest BCUT2D eigenvalue weighted by Crippen LogP contribution is -2.08. The summed E-state index contributed by atoms with van der Waals surface area (Å²) in [5.41, 5.74) is 1.36. The normalized spacial score (nSPS) is 11.7. The molecule has 0 aliphatic rings. The number of aromatic nitrogens is 1. The summed E-state index contributed by atoms with van der Waals surface area (Å²) in [7, 11) is -0.181. The second-order valence-corrected chi connectivity index (χ2v) is 5.79. The Morgan fingerprint density at radius 1 is 1.45 bits per heavy atom. The highest BCUT2D eigenvalue weighted by molar-refractivity contribution is 7.86.